The quantitative estimate of drug-likeness (QED) is 0.813. The number of methoxy groups -OCH3 is 2. The van der Waals surface area contributed by atoms with E-state index >= 15 is 0 Å². The van der Waals surface area contributed by atoms with Crippen molar-refractivity contribution in [3.63, 3.8) is 0 Å². The highest BCUT2D eigenvalue weighted by Crippen LogP contribution is 2.27. The molecule has 0 spiro atoms. The highest BCUT2D eigenvalue weighted by Gasteiger charge is 2.08. The average molecular weight is 277 g/mol. The van der Waals surface area contributed by atoms with Crippen LogP contribution in [0.1, 0.15) is 26.3 Å². The molecule has 1 atom stereocenters. The molecule has 20 heavy (non-hydrogen) atoms. The van der Waals surface area contributed by atoms with E-state index in [0.29, 0.717) is 17.4 Å². The van der Waals surface area contributed by atoms with Crippen molar-refractivity contribution in [1.82, 2.24) is 5.32 Å². The van der Waals surface area contributed by atoms with Gasteiger partial charge in [0.25, 0.3) is 0 Å². The topological polar surface area (TPSA) is 47.6 Å². The van der Waals surface area contributed by atoms with E-state index in [2.05, 4.69) is 19.2 Å². The van der Waals surface area contributed by atoms with Gasteiger partial charge in [0, 0.05) is 12.1 Å². The van der Waals surface area contributed by atoms with Gasteiger partial charge in [-0.25, -0.2) is 0 Å². The lowest BCUT2D eigenvalue weighted by atomic mass is 10.1. The van der Waals surface area contributed by atoms with E-state index < -0.39 is 0 Å². The Morgan fingerprint density at radius 2 is 1.80 bits per heavy atom. The van der Waals surface area contributed by atoms with Crippen molar-refractivity contribution in [3.8, 4) is 11.5 Å². The van der Waals surface area contributed by atoms with Gasteiger partial charge in [-0.05, 0) is 36.6 Å². The molecule has 1 N–H and O–H groups in total. The lowest BCUT2D eigenvalue weighted by molar-refractivity contribution is -0.117. The summed E-state index contributed by atoms with van der Waals surface area (Å²) in [5.74, 6) is 1.63. The molecule has 0 saturated heterocycles. The zero-order chi connectivity index (χ0) is 15.1. The van der Waals surface area contributed by atoms with Crippen molar-refractivity contribution in [3.05, 3.63) is 29.8 Å². The molecule has 0 radical (unpaired) electrons. The molecule has 1 rings (SSSR count). The molecule has 0 fully saturated rings. The molecule has 0 aliphatic heterocycles. The fourth-order valence-corrected chi connectivity index (χ4v) is 1.57. The molecular weight excluding hydrogens is 254 g/mol. The van der Waals surface area contributed by atoms with Gasteiger partial charge in [-0.15, -0.1) is 0 Å². The van der Waals surface area contributed by atoms with Gasteiger partial charge in [-0.1, -0.05) is 19.9 Å². The van der Waals surface area contributed by atoms with Crippen molar-refractivity contribution in [1.29, 1.82) is 0 Å². The number of hydrogen-bond donors (Lipinski definition) is 1. The lowest BCUT2D eigenvalue weighted by Crippen LogP contribution is -2.34. The Labute approximate surface area is 120 Å². The summed E-state index contributed by atoms with van der Waals surface area (Å²) < 4.78 is 10.4. The molecular formula is C16H23NO3. The minimum Gasteiger partial charge on any atom is -0.493 e. The van der Waals surface area contributed by atoms with Gasteiger partial charge in [0.2, 0.25) is 5.91 Å². The van der Waals surface area contributed by atoms with Crippen molar-refractivity contribution >= 4 is 12.0 Å². The van der Waals surface area contributed by atoms with Crippen LogP contribution in [0.3, 0.4) is 0 Å². The van der Waals surface area contributed by atoms with Gasteiger partial charge < -0.3 is 14.8 Å². The summed E-state index contributed by atoms with van der Waals surface area (Å²) in [6.45, 7) is 6.14. The zero-order valence-electron chi connectivity index (χ0n) is 12.8. The number of ether oxygens (including phenoxy) is 2. The van der Waals surface area contributed by atoms with E-state index in [0.717, 1.165) is 5.56 Å². The van der Waals surface area contributed by atoms with Gasteiger partial charge in [0.15, 0.2) is 11.5 Å². The molecule has 0 unspecified atom stereocenters. The summed E-state index contributed by atoms with van der Waals surface area (Å²) in [7, 11) is 3.18. The molecule has 110 valence electrons. The molecule has 0 aromatic heterocycles. The van der Waals surface area contributed by atoms with Crippen LogP contribution >= 0.6 is 0 Å². The Balaban J connectivity index is 2.73. The highest BCUT2D eigenvalue weighted by molar-refractivity contribution is 5.92. The van der Waals surface area contributed by atoms with E-state index in [-0.39, 0.29) is 11.9 Å². The molecule has 0 aliphatic carbocycles. The molecule has 4 nitrogen and oxygen atoms in total. The number of benzene rings is 1. The maximum atomic E-state index is 11.8. The van der Waals surface area contributed by atoms with E-state index in [4.69, 9.17) is 9.47 Å². The largest absolute Gasteiger partial charge is 0.493 e. The van der Waals surface area contributed by atoms with Crippen LogP contribution in [0.15, 0.2) is 24.3 Å². The van der Waals surface area contributed by atoms with Crippen molar-refractivity contribution in [2.75, 3.05) is 14.2 Å². The van der Waals surface area contributed by atoms with Gasteiger partial charge in [-0.2, -0.15) is 0 Å². The first-order valence-electron chi connectivity index (χ1n) is 6.68. The predicted molar refractivity (Wildman–Crippen MR) is 81.0 cm³/mol. The molecule has 0 aliphatic rings. The number of carbonyl (C=O) groups is 1. The minimum absolute atomic E-state index is 0.0963. The van der Waals surface area contributed by atoms with E-state index in [9.17, 15) is 4.79 Å². The second-order valence-corrected chi connectivity index (χ2v) is 4.99. The third kappa shape index (κ3) is 4.61. The van der Waals surface area contributed by atoms with Crippen LogP contribution in [0.25, 0.3) is 6.08 Å². The third-order valence-electron chi connectivity index (χ3n) is 3.20. The molecule has 0 bridgehead atoms. The maximum Gasteiger partial charge on any atom is 0.244 e. The summed E-state index contributed by atoms with van der Waals surface area (Å²) in [5, 5.41) is 2.92. The van der Waals surface area contributed by atoms with Crippen LogP contribution < -0.4 is 14.8 Å². The second-order valence-electron chi connectivity index (χ2n) is 4.99. The Kier molecular flexibility index (Phi) is 6.10. The zero-order valence-corrected chi connectivity index (χ0v) is 12.8. The van der Waals surface area contributed by atoms with Crippen molar-refractivity contribution < 1.29 is 14.3 Å². The van der Waals surface area contributed by atoms with Gasteiger partial charge >= 0.3 is 0 Å². The van der Waals surface area contributed by atoms with Gasteiger partial charge in [-0.3, -0.25) is 4.79 Å². The van der Waals surface area contributed by atoms with Crippen LogP contribution in [0.5, 0.6) is 11.5 Å². The Morgan fingerprint density at radius 3 is 2.35 bits per heavy atom. The summed E-state index contributed by atoms with van der Waals surface area (Å²) in [6, 6.07) is 5.66. The molecule has 0 saturated carbocycles. The van der Waals surface area contributed by atoms with Crippen molar-refractivity contribution in [2.45, 2.75) is 26.8 Å². The SMILES string of the molecule is COc1ccc(/C=C/C(=O)N[C@@H](C)C(C)C)cc1OC. The minimum atomic E-state index is -0.0963. The first-order valence-corrected chi connectivity index (χ1v) is 6.68. The first-order chi connectivity index (χ1) is 9.47. The fourth-order valence-electron chi connectivity index (χ4n) is 1.57. The van der Waals surface area contributed by atoms with Crippen LogP contribution in [-0.4, -0.2) is 26.2 Å². The smallest absolute Gasteiger partial charge is 0.244 e. The Hall–Kier alpha value is -1.97. The summed E-state index contributed by atoms with van der Waals surface area (Å²) >= 11 is 0. The van der Waals surface area contributed by atoms with Crippen molar-refractivity contribution in [2.24, 2.45) is 5.92 Å². The summed E-state index contributed by atoms with van der Waals surface area (Å²) in [4.78, 5) is 11.8. The number of carbonyl (C=O) groups excluding carboxylic acids is 1. The van der Waals surface area contributed by atoms with E-state index in [1.165, 1.54) is 6.08 Å². The Bertz CT molecular complexity index is 481. The van der Waals surface area contributed by atoms with Gasteiger partial charge in [0.1, 0.15) is 0 Å². The molecule has 0 heterocycles. The number of hydrogen-bond acceptors (Lipinski definition) is 3. The summed E-state index contributed by atoms with van der Waals surface area (Å²) in [5.41, 5.74) is 0.884. The standard InChI is InChI=1S/C16H23NO3/c1-11(2)12(3)17-16(18)9-7-13-6-8-14(19-4)15(10-13)20-5/h6-12H,1-5H3,(H,17,18)/b9-7+/t12-/m0/s1. The van der Waals surface area contributed by atoms with Crippen LogP contribution in [0, 0.1) is 5.92 Å². The average Bonchev–Trinajstić information content (AvgIpc) is 2.44. The highest BCUT2D eigenvalue weighted by atomic mass is 16.5. The molecule has 4 heteroatoms. The maximum absolute atomic E-state index is 11.8. The normalized spacial score (nSPS) is 12.5. The third-order valence-corrected chi connectivity index (χ3v) is 3.20. The monoisotopic (exact) mass is 277 g/mol. The van der Waals surface area contributed by atoms with Crippen LogP contribution in [-0.2, 0) is 4.79 Å². The summed E-state index contributed by atoms with van der Waals surface area (Å²) in [6.07, 6.45) is 3.28. The number of rotatable bonds is 6. The van der Waals surface area contributed by atoms with E-state index in [1.807, 2.05) is 25.1 Å². The Morgan fingerprint density at radius 1 is 1.15 bits per heavy atom. The molecule has 1 aromatic carbocycles. The molecule has 1 aromatic rings. The van der Waals surface area contributed by atoms with Crippen LogP contribution in [0.4, 0.5) is 0 Å². The first kappa shape index (κ1) is 16.1. The van der Waals surface area contributed by atoms with Crippen LogP contribution in [0.2, 0.25) is 0 Å². The van der Waals surface area contributed by atoms with E-state index in [1.54, 1.807) is 20.3 Å². The molecule has 1 amide bonds. The van der Waals surface area contributed by atoms with Gasteiger partial charge in [0.05, 0.1) is 14.2 Å². The predicted octanol–water partition coefficient (Wildman–Crippen LogP) is 2.88. The number of nitrogens with one attached hydrogen (secondary N) is 1. The second kappa shape index (κ2) is 7.58. The lowest BCUT2D eigenvalue weighted by Gasteiger charge is -2.15. The number of amides is 1. The fraction of sp³-hybridized carbons (Fsp3) is 0.438.